The topological polar surface area (TPSA) is 104 Å². The highest BCUT2D eigenvalue weighted by Gasteiger charge is 2.44. The van der Waals surface area contributed by atoms with E-state index in [1.54, 1.807) is 24.3 Å². The van der Waals surface area contributed by atoms with Gasteiger partial charge in [-0.2, -0.15) is 5.26 Å². The maximum Gasteiger partial charge on any atom is 0.143 e. The van der Waals surface area contributed by atoms with Gasteiger partial charge in [0.2, 0.25) is 0 Å². The molecule has 1 fully saturated rings. The second kappa shape index (κ2) is 6.41. The third-order valence-electron chi connectivity index (χ3n) is 4.95. The fourth-order valence-electron chi connectivity index (χ4n) is 3.55. The van der Waals surface area contributed by atoms with Crippen molar-refractivity contribution in [3.8, 4) is 11.8 Å². The number of ether oxygens (including phenoxy) is 1. The van der Waals surface area contributed by atoms with Crippen LogP contribution in [0.2, 0.25) is 0 Å². The van der Waals surface area contributed by atoms with E-state index in [4.69, 9.17) is 4.74 Å². The Balaban J connectivity index is 1.64. The minimum atomic E-state index is -1.06. The number of nitrogens with zero attached hydrogens (tertiary/aromatic N) is 4. The van der Waals surface area contributed by atoms with Gasteiger partial charge < -0.3 is 19.5 Å². The first-order valence-corrected chi connectivity index (χ1v) is 8.40. The van der Waals surface area contributed by atoms with E-state index < -0.39 is 18.3 Å². The number of benzene rings is 1. The molecule has 0 radical (unpaired) electrons. The number of aromatic nitrogens is 3. The van der Waals surface area contributed by atoms with Crippen LogP contribution in [0.25, 0.3) is 11.0 Å². The molecule has 132 valence electrons. The molecule has 26 heavy (non-hydrogen) atoms. The lowest BCUT2D eigenvalue weighted by atomic mass is 10.2. The average Bonchev–Trinajstić information content (AvgIpc) is 3.20. The Hall–Kier alpha value is -2.95. The number of para-hydroxylation sites is 1. The third-order valence-corrected chi connectivity index (χ3v) is 4.95. The third kappa shape index (κ3) is 2.60. The lowest BCUT2D eigenvalue weighted by Crippen LogP contribution is -2.34. The summed E-state index contributed by atoms with van der Waals surface area (Å²) >= 11 is 0. The number of hydrogen-bond acceptors (Lipinski definition) is 6. The summed E-state index contributed by atoms with van der Waals surface area (Å²) in [6, 6.07) is 10.5. The first-order chi connectivity index (χ1) is 12.6. The van der Waals surface area contributed by atoms with Gasteiger partial charge in [0, 0.05) is 18.0 Å². The predicted molar refractivity (Wildman–Crippen MR) is 93.5 cm³/mol. The standard InChI is InChI=1S/C19H18N4O3/c1-11-13-6-7-23(19(13)22-10-21-11)14-8-16(18(25)17(14)24)26-15-5-3-2-4-12(15)9-20/h2-7,10,14,16-18,24-25H,8H2,1H3/t14?,16-,17?,18?/m1/s1. The van der Waals surface area contributed by atoms with Crippen LogP contribution in [0.1, 0.15) is 23.7 Å². The fourth-order valence-corrected chi connectivity index (χ4v) is 3.55. The van der Waals surface area contributed by atoms with Crippen molar-refractivity contribution in [2.24, 2.45) is 0 Å². The van der Waals surface area contributed by atoms with Gasteiger partial charge in [-0.05, 0) is 25.1 Å². The molecular weight excluding hydrogens is 332 g/mol. The van der Waals surface area contributed by atoms with Crippen molar-refractivity contribution in [2.45, 2.75) is 37.7 Å². The zero-order valence-corrected chi connectivity index (χ0v) is 14.1. The molecule has 2 heterocycles. The van der Waals surface area contributed by atoms with E-state index in [0.29, 0.717) is 23.4 Å². The van der Waals surface area contributed by atoms with Gasteiger partial charge in [-0.1, -0.05) is 12.1 Å². The summed E-state index contributed by atoms with van der Waals surface area (Å²) in [5, 5.41) is 31.2. The van der Waals surface area contributed by atoms with E-state index in [9.17, 15) is 15.5 Å². The van der Waals surface area contributed by atoms with Gasteiger partial charge in [-0.15, -0.1) is 0 Å². The molecule has 2 aromatic heterocycles. The van der Waals surface area contributed by atoms with Crippen LogP contribution in [0.3, 0.4) is 0 Å². The van der Waals surface area contributed by atoms with Gasteiger partial charge in [0.25, 0.3) is 0 Å². The highest BCUT2D eigenvalue weighted by molar-refractivity contribution is 5.78. The van der Waals surface area contributed by atoms with E-state index in [2.05, 4.69) is 16.0 Å². The Labute approximate surface area is 150 Å². The Morgan fingerprint density at radius 1 is 1.19 bits per heavy atom. The summed E-state index contributed by atoms with van der Waals surface area (Å²) in [4.78, 5) is 8.50. The predicted octanol–water partition coefficient (Wildman–Crippen LogP) is 1.73. The molecular formula is C19H18N4O3. The summed E-state index contributed by atoms with van der Waals surface area (Å²) in [5.74, 6) is 0.405. The first-order valence-electron chi connectivity index (χ1n) is 8.40. The number of fused-ring (bicyclic) bond motifs is 1. The zero-order valence-electron chi connectivity index (χ0n) is 14.1. The van der Waals surface area contributed by atoms with Gasteiger partial charge in [-0.3, -0.25) is 0 Å². The van der Waals surface area contributed by atoms with E-state index in [-0.39, 0.29) is 6.04 Å². The van der Waals surface area contributed by atoms with Crippen LogP contribution in [0.5, 0.6) is 5.75 Å². The number of aryl methyl sites for hydroxylation is 1. The van der Waals surface area contributed by atoms with Crippen molar-refractivity contribution in [3.63, 3.8) is 0 Å². The summed E-state index contributed by atoms with van der Waals surface area (Å²) in [6.45, 7) is 1.90. The summed E-state index contributed by atoms with van der Waals surface area (Å²) in [5.41, 5.74) is 1.97. The number of nitriles is 1. The molecule has 1 saturated carbocycles. The number of rotatable bonds is 3. The first kappa shape index (κ1) is 16.5. The van der Waals surface area contributed by atoms with Gasteiger partial charge >= 0.3 is 0 Å². The fraction of sp³-hybridized carbons (Fsp3) is 0.316. The molecule has 0 spiro atoms. The van der Waals surface area contributed by atoms with Crippen LogP contribution in [0, 0.1) is 18.3 Å². The quantitative estimate of drug-likeness (QED) is 0.745. The monoisotopic (exact) mass is 350 g/mol. The van der Waals surface area contributed by atoms with Gasteiger partial charge in [0.05, 0.1) is 17.3 Å². The molecule has 3 aromatic rings. The Morgan fingerprint density at radius 2 is 2.00 bits per heavy atom. The van der Waals surface area contributed by atoms with Crippen LogP contribution in [0.15, 0.2) is 42.9 Å². The minimum Gasteiger partial charge on any atom is -0.486 e. The Morgan fingerprint density at radius 3 is 2.81 bits per heavy atom. The molecule has 1 aliphatic carbocycles. The second-order valence-electron chi connectivity index (χ2n) is 6.47. The molecule has 0 saturated heterocycles. The Bertz CT molecular complexity index is 994. The molecule has 4 rings (SSSR count). The minimum absolute atomic E-state index is 0.379. The normalized spacial score (nSPS) is 25.3. The average molecular weight is 350 g/mol. The summed E-state index contributed by atoms with van der Waals surface area (Å²) < 4.78 is 7.72. The van der Waals surface area contributed by atoms with Crippen LogP contribution < -0.4 is 4.74 Å². The highest BCUT2D eigenvalue weighted by Crippen LogP contribution is 2.36. The molecule has 1 aromatic carbocycles. The second-order valence-corrected chi connectivity index (χ2v) is 6.47. The van der Waals surface area contributed by atoms with Gasteiger partial charge in [0.15, 0.2) is 0 Å². The molecule has 0 bridgehead atoms. The molecule has 7 nitrogen and oxygen atoms in total. The molecule has 7 heteroatoms. The SMILES string of the molecule is Cc1ncnc2c1ccn2C1C[C@@H](Oc2ccccc2C#N)C(O)C1O. The van der Waals surface area contributed by atoms with Gasteiger partial charge in [-0.25, -0.2) is 9.97 Å². The molecule has 3 unspecified atom stereocenters. The molecule has 0 amide bonds. The van der Waals surface area contributed by atoms with E-state index in [0.717, 1.165) is 11.1 Å². The maximum atomic E-state index is 10.6. The zero-order chi connectivity index (χ0) is 18.3. The van der Waals surface area contributed by atoms with Crippen molar-refractivity contribution in [1.29, 1.82) is 5.26 Å². The van der Waals surface area contributed by atoms with Crippen LogP contribution in [-0.2, 0) is 0 Å². The number of aliphatic hydroxyl groups excluding tert-OH is 2. The maximum absolute atomic E-state index is 10.6. The largest absolute Gasteiger partial charge is 0.486 e. The lowest BCUT2D eigenvalue weighted by molar-refractivity contribution is -0.0164. The van der Waals surface area contributed by atoms with E-state index in [1.807, 2.05) is 23.8 Å². The van der Waals surface area contributed by atoms with Crippen molar-refractivity contribution < 1.29 is 14.9 Å². The van der Waals surface area contributed by atoms with Crippen LogP contribution in [-0.4, -0.2) is 43.1 Å². The molecule has 4 atom stereocenters. The summed E-state index contributed by atoms with van der Waals surface area (Å²) in [6.07, 6.45) is 1.05. The Kier molecular flexibility index (Phi) is 4.07. The van der Waals surface area contributed by atoms with Crippen molar-refractivity contribution in [1.82, 2.24) is 14.5 Å². The highest BCUT2D eigenvalue weighted by atomic mass is 16.5. The van der Waals surface area contributed by atoms with E-state index >= 15 is 0 Å². The van der Waals surface area contributed by atoms with E-state index in [1.165, 1.54) is 6.33 Å². The lowest BCUT2D eigenvalue weighted by Gasteiger charge is -2.19. The number of hydrogen-bond donors (Lipinski definition) is 2. The molecule has 0 aliphatic heterocycles. The van der Waals surface area contributed by atoms with Crippen molar-refractivity contribution in [2.75, 3.05) is 0 Å². The summed E-state index contributed by atoms with van der Waals surface area (Å²) in [7, 11) is 0. The smallest absolute Gasteiger partial charge is 0.143 e. The molecule has 2 N–H and O–H groups in total. The van der Waals surface area contributed by atoms with Crippen LogP contribution in [0.4, 0.5) is 0 Å². The van der Waals surface area contributed by atoms with Crippen molar-refractivity contribution >= 4 is 11.0 Å². The van der Waals surface area contributed by atoms with Crippen molar-refractivity contribution in [3.05, 3.63) is 54.1 Å². The van der Waals surface area contributed by atoms with Crippen LogP contribution >= 0.6 is 0 Å². The van der Waals surface area contributed by atoms with Gasteiger partial charge in [0.1, 0.15) is 42.1 Å². The molecule has 1 aliphatic rings. The number of aliphatic hydroxyl groups is 2.